The van der Waals surface area contributed by atoms with Gasteiger partial charge in [0.2, 0.25) is 0 Å². The maximum atomic E-state index is 12.8. The van der Waals surface area contributed by atoms with E-state index in [2.05, 4.69) is 20.2 Å². The molecule has 7 nitrogen and oxygen atoms in total. The first-order valence-corrected chi connectivity index (χ1v) is 10.0. The van der Waals surface area contributed by atoms with Crippen LogP contribution in [0.25, 0.3) is 5.69 Å². The molecule has 4 rings (SSSR count). The molecule has 0 aliphatic heterocycles. The lowest BCUT2D eigenvalue weighted by Gasteiger charge is -2.17. The molecule has 0 bridgehead atoms. The van der Waals surface area contributed by atoms with Crippen molar-refractivity contribution in [3.05, 3.63) is 59.4 Å². The molecule has 8 heteroatoms. The molecular formula is C18H19N5O2S. The third-order valence-electron chi connectivity index (χ3n) is 4.60. The predicted octanol–water partition coefficient (Wildman–Crippen LogP) is 2.65. The molecule has 1 aliphatic carbocycles. The first-order valence-electron chi connectivity index (χ1n) is 8.53. The highest BCUT2D eigenvalue weighted by molar-refractivity contribution is 7.92. The Hall–Kier alpha value is -2.74. The zero-order chi connectivity index (χ0) is 18.1. The first kappa shape index (κ1) is 16.7. The van der Waals surface area contributed by atoms with Gasteiger partial charge in [-0.2, -0.15) is 4.68 Å². The number of hydrogen-bond acceptors (Lipinski definition) is 5. The molecule has 26 heavy (non-hydrogen) atoms. The van der Waals surface area contributed by atoms with Crippen LogP contribution in [0.3, 0.4) is 0 Å². The van der Waals surface area contributed by atoms with E-state index in [1.54, 1.807) is 41.9 Å². The maximum Gasteiger partial charge on any atom is 0.261 e. The van der Waals surface area contributed by atoms with Crippen LogP contribution in [0, 0.1) is 6.92 Å². The van der Waals surface area contributed by atoms with E-state index in [0.29, 0.717) is 22.1 Å². The Morgan fingerprint density at radius 2 is 1.85 bits per heavy atom. The van der Waals surface area contributed by atoms with Crippen LogP contribution in [-0.4, -0.2) is 28.6 Å². The second-order valence-electron chi connectivity index (χ2n) is 6.43. The Morgan fingerprint density at radius 1 is 1.04 bits per heavy atom. The summed E-state index contributed by atoms with van der Waals surface area (Å²) in [5, 5.41) is 11.4. The minimum Gasteiger partial charge on any atom is -0.280 e. The van der Waals surface area contributed by atoms with E-state index in [0.717, 1.165) is 24.8 Å². The van der Waals surface area contributed by atoms with E-state index >= 15 is 0 Å². The van der Waals surface area contributed by atoms with Gasteiger partial charge in [-0.25, -0.2) is 8.42 Å². The van der Waals surface area contributed by atoms with Crippen molar-refractivity contribution in [1.82, 2.24) is 20.2 Å². The van der Waals surface area contributed by atoms with Gasteiger partial charge in [0, 0.05) is 0 Å². The number of aromatic nitrogens is 4. The molecule has 134 valence electrons. The molecule has 1 N–H and O–H groups in total. The number of fused-ring (bicyclic) bond motifs is 1. The van der Waals surface area contributed by atoms with E-state index in [1.807, 2.05) is 12.1 Å². The number of rotatable bonds is 4. The van der Waals surface area contributed by atoms with Gasteiger partial charge in [0.1, 0.15) is 0 Å². The Kier molecular flexibility index (Phi) is 4.20. The largest absolute Gasteiger partial charge is 0.280 e. The SMILES string of the molecule is Cc1nnnn1-c1cccc(NS(=O)(=O)c2ccc3c(c2)CCCC3)c1. The fraction of sp³-hybridized carbons (Fsp3) is 0.278. The maximum absolute atomic E-state index is 12.8. The highest BCUT2D eigenvalue weighted by Crippen LogP contribution is 2.25. The highest BCUT2D eigenvalue weighted by atomic mass is 32.2. The molecule has 3 aromatic rings. The molecule has 0 saturated carbocycles. The van der Waals surface area contributed by atoms with Gasteiger partial charge in [-0.05, 0) is 84.5 Å². The normalized spacial score (nSPS) is 14.0. The number of sulfonamides is 1. The summed E-state index contributed by atoms with van der Waals surface area (Å²) >= 11 is 0. The van der Waals surface area contributed by atoms with Gasteiger partial charge >= 0.3 is 0 Å². The number of nitrogens with one attached hydrogen (secondary N) is 1. The number of tetrazole rings is 1. The molecule has 0 spiro atoms. The molecule has 0 radical (unpaired) electrons. The third kappa shape index (κ3) is 3.20. The van der Waals surface area contributed by atoms with Crippen molar-refractivity contribution in [1.29, 1.82) is 0 Å². The summed E-state index contributed by atoms with van der Waals surface area (Å²) in [6.45, 7) is 1.78. The Labute approximate surface area is 152 Å². The smallest absolute Gasteiger partial charge is 0.261 e. The van der Waals surface area contributed by atoms with Gasteiger partial charge in [-0.15, -0.1) is 5.10 Å². The fourth-order valence-electron chi connectivity index (χ4n) is 3.26. The zero-order valence-electron chi connectivity index (χ0n) is 14.4. The van der Waals surface area contributed by atoms with Crippen LogP contribution < -0.4 is 4.72 Å². The van der Waals surface area contributed by atoms with Crippen molar-refractivity contribution in [3.8, 4) is 5.69 Å². The van der Waals surface area contributed by atoms with Crippen LogP contribution in [0.4, 0.5) is 5.69 Å². The van der Waals surface area contributed by atoms with Gasteiger partial charge in [0.25, 0.3) is 10.0 Å². The van der Waals surface area contributed by atoms with Crippen LogP contribution in [0.15, 0.2) is 47.4 Å². The Morgan fingerprint density at radius 3 is 2.62 bits per heavy atom. The summed E-state index contributed by atoms with van der Waals surface area (Å²) in [5.41, 5.74) is 3.55. The highest BCUT2D eigenvalue weighted by Gasteiger charge is 2.18. The molecule has 0 fully saturated rings. The van der Waals surface area contributed by atoms with E-state index in [1.165, 1.54) is 12.0 Å². The predicted molar refractivity (Wildman–Crippen MR) is 97.8 cm³/mol. The van der Waals surface area contributed by atoms with Crippen LogP contribution in [0.2, 0.25) is 0 Å². The summed E-state index contributed by atoms with van der Waals surface area (Å²) in [4.78, 5) is 0.294. The molecule has 0 amide bonds. The summed E-state index contributed by atoms with van der Waals surface area (Å²) < 4.78 is 29.8. The van der Waals surface area contributed by atoms with Gasteiger partial charge in [-0.3, -0.25) is 4.72 Å². The van der Waals surface area contributed by atoms with Crippen LogP contribution in [0.5, 0.6) is 0 Å². The molecule has 0 unspecified atom stereocenters. The molecule has 0 atom stereocenters. The van der Waals surface area contributed by atoms with E-state index in [-0.39, 0.29) is 0 Å². The number of hydrogen-bond donors (Lipinski definition) is 1. The van der Waals surface area contributed by atoms with E-state index in [4.69, 9.17) is 0 Å². The van der Waals surface area contributed by atoms with Crippen molar-refractivity contribution < 1.29 is 8.42 Å². The standard InChI is InChI=1S/C18H19N5O2S/c1-13-19-21-22-23(13)17-8-4-7-16(12-17)20-26(24,25)18-10-9-14-5-2-3-6-15(14)11-18/h4,7-12,20H,2-3,5-6H2,1H3. The van der Waals surface area contributed by atoms with E-state index < -0.39 is 10.0 Å². The lowest BCUT2D eigenvalue weighted by atomic mass is 9.92. The summed E-state index contributed by atoms with van der Waals surface area (Å²) in [5.74, 6) is 0.625. The molecule has 1 heterocycles. The third-order valence-corrected chi connectivity index (χ3v) is 5.98. The minimum atomic E-state index is -3.65. The number of nitrogens with zero attached hydrogens (tertiary/aromatic N) is 4. The average Bonchev–Trinajstić information content (AvgIpc) is 3.07. The number of aryl methyl sites for hydroxylation is 3. The van der Waals surface area contributed by atoms with Crippen molar-refractivity contribution in [2.75, 3.05) is 4.72 Å². The van der Waals surface area contributed by atoms with Gasteiger partial charge in [0.05, 0.1) is 16.3 Å². The monoisotopic (exact) mass is 369 g/mol. The van der Waals surface area contributed by atoms with Gasteiger partial charge in [-0.1, -0.05) is 12.1 Å². The minimum absolute atomic E-state index is 0.294. The topological polar surface area (TPSA) is 89.8 Å². The molecule has 1 aliphatic rings. The molecule has 2 aromatic carbocycles. The van der Waals surface area contributed by atoms with Crippen LogP contribution in [0.1, 0.15) is 29.8 Å². The quantitative estimate of drug-likeness (QED) is 0.764. The van der Waals surface area contributed by atoms with Crippen LogP contribution >= 0.6 is 0 Å². The molecule has 0 saturated heterocycles. The van der Waals surface area contributed by atoms with Gasteiger partial charge in [0.15, 0.2) is 5.82 Å². The average molecular weight is 369 g/mol. The van der Waals surface area contributed by atoms with Crippen LogP contribution in [-0.2, 0) is 22.9 Å². The fourth-order valence-corrected chi connectivity index (χ4v) is 4.36. The summed E-state index contributed by atoms with van der Waals surface area (Å²) in [7, 11) is -3.65. The van der Waals surface area contributed by atoms with Crippen molar-refractivity contribution in [3.63, 3.8) is 0 Å². The van der Waals surface area contributed by atoms with E-state index in [9.17, 15) is 8.42 Å². The number of anilines is 1. The summed E-state index contributed by atoms with van der Waals surface area (Å²) in [6, 6.07) is 12.4. The van der Waals surface area contributed by atoms with Crippen molar-refractivity contribution >= 4 is 15.7 Å². The summed E-state index contributed by atoms with van der Waals surface area (Å²) in [6.07, 6.45) is 4.24. The Bertz CT molecular complexity index is 1060. The second kappa shape index (κ2) is 6.53. The first-order chi connectivity index (χ1) is 12.5. The lowest BCUT2D eigenvalue weighted by Crippen LogP contribution is -2.14. The van der Waals surface area contributed by atoms with Gasteiger partial charge < -0.3 is 0 Å². The van der Waals surface area contributed by atoms with Crippen molar-refractivity contribution in [2.24, 2.45) is 0 Å². The van der Waals surface area contributed by atoms with Crippen molar-refractivity contribution in [2.45, 2.75) is 37.5 Å². The second-order valence-corrected chi connectivity index (χ2v) is 8.11. The Balaban J connectivity index is 1.63. The molecule has 1 aromatic heterocycles. The number of benzene rings is 2. The zero-order valence-corrected chi connectivity index (χ0v) is 15.2. The lowest BCUT2D eigenvalue weighted by molar-refractivity contribution is 0.600. The molecular weight excluding hydrogens is 350 g/mol.